The first-order chi connectivity index (χ1) is 12.0. The largest absolute Gasteiger partial charge is 0.482 e. The van der Waals surface area contributed by atoms with Gasteiger partial charge in [0.25, 0.3) is 0 Å². The number of halogens is 1. The Balaban J connectivity index is 1.57. The Morgan fingerprint density at radius 3 is 2.84 bits per heavy atom. The first-order valence-electron chi connectivity index (χ1n) is 7.90. The molecule has 0 radical (unpaired) electrons. The molecular formula is C19H19ClO5. The van der Waals surface area contributed by atoms with E-state index in [9.17, 15) is 4.79 Å². The number of ether oxygens (including phenoxy) is 4. The number of carbonyl (C=O) groups excluding carboxylic acids is 1. The number of benzene rings is 2. The molecule has 0 spiro atoms. The van der Waals surface area contributed by atoms with Crippen LogP contribution in [-0.2, 0) is 27.5 Å². The molecule has 0 saturated heterocycles. The van der Waals surface area contributed by atoms with Crippen LogP contribution in [0.3, 0.4) is 0 Å². The number of hydrogen-bond acceptors (Lipinski definition) is 5. The minimum Gasteiger partial charge on any atom is -0.482 e. The van der Waals surface area contributed by atoms with Gasteiger partial charge in [-0.15, -0.1) is 0 Å². The van der Waals surface area contributed by atoms with Gasteiger partial charge in [0.05, 0.1) is 6.61 Å². The molecule has 0 atom stereocenters. The van der Waals surface area contributed by atoms with Crippen molar-refractivity contribution < 1.29 is 23.7 Å². The molecule has 5 nitrogen and oxygen atoms in total. The van der Waals surface area contributed by atoms with Gasteiger partial charge in [0.1, 0.15) is 18.1 Å². The fourth-order valence-electron chi connectivity index (χ4n) is 2.51. The van der Waals surface area contributed by atoms with Gasteiger partial charge in [-0.25, -0.2) is 4.79 Å². The van der Waals surface area contributed by atoms with Gasteiger partial charge in [0, 0.05) is 16.1 Å². The van der Waals surface area contributed by atoms with E-state index < -0.39 is 5.97 Å². The normalized spacial score (nSPS) is 12.9. The van der Waals surface area contributed by atoms with E-state index in [0.717, 1.165) is 11.1 Å². The fraction of sp³-hybridized carbons (Fsp3) is 0.316. The Labute approximate surface area is 151 Å². The van der Waals surface area contributed by atoms with E-state index in [1.807, 2.05) is 32.0 Å². The zero-order chi connectivity index (χ0) is 17.8. The molecular weight excluding hydrogens is 344 g/mol. The molecule has 2 aromatic rings. The zero-order valence-electron chi connectivity index (χ0n) is 14.1. The number of esters is 1. The van der Waals surface area contributed by atoms with E-state index in [4.69, 9.17) is 30.5 Å². The van der Waals surface area contributed by atoms with Crippen molar-refractivity contribution >= 4 is 17.6 Å². The summed E-state index contributed by atoms with van der Waals surface area (Å²) in [5.74, 6) is 0.846. The van der Waals surface area contributed by atoms with Gasteiger partial charge >= 0.3 is 5.97 Å². The van der Waals surface area contributed by atoms with Crippen molar-refractivity contribution in [1.82, 2.24) is 0 Å². The van der Waals surface area contributed by atoms with Gasteiger partial charge in [-0.05, 0) is 49.2 Å². The smallest absolute Gasteiger partial charge is 0.344 e. The summed E-state index contributed by atoms with van der Waals surface area (Å²) in [4.78, 5) is 11.9. The van der Waals surface area contributed by atoms with Gasteiger partial charge in [-0.3, -0.25) is 0 Å². The van der Waals surface area contributed by atoms with E-state index in [-0.39, 0.29) is 20.0 Å². The van der Waals surface area contributed by atoms with Crippen molar-refractivity contribution in [1.29, 1.82) is 0 Å². The molecule has 0 fully saturated rings. The third-order valence-corrected chi connectivity index (χ3v) is 4.19. The maximum Gasteiger partial charge on any atom is 0.344 e. The maximum atomic E-state index is 11.9. The lowest BCUT2D eigenvalue weighted by molar-refractivity contribution is -0.147. The highest BCUT2D eigenvalue weighted by atomic mass is 35.5. The highest BCUT2D eigenvalue weighted by molar-refractivity contribution is 6.30. The van der Waals surface area contributed by atoms with Crippen LogP contribution < -0.4 is 9.47 Å². The second-order valence-electron chi connectivity index (χ2n) is 5.86. The summed E-state index contributed by atoms with van der Waals surface area (Å²) < 4.78 is 21.5. The van der Waals surface area contributed by atoms with Crippen LogP contribution in [0.4, 0.5) is 0 Å². The van der Waals surface area contributed by atoms with Crippen LogP contribution in [0.15, 0.2) is 30.3 Å². The fourth-order valence-corrected chi connectivity index (χ4v) is 2.77. The van der Waals surface area contributed by atoms with Crippen LogP contribution in [-0.4, -0.2) is 19.4 Å². The highest BCUT2D eigenvalue weighted by Gasteiger charge is 2.17. The number of fused-ring (bicyclic) bond motifs is 1. The van der Waals surface area contributed by atoms with Crippen LogP contribution >= 0.6 is 11.6 Å². The monoisotopic (exact) mass is 362 g/mol. The van der Waals surface area contributed by atoms with E-state index in [1.54, 1.807) is 12.1 Å². The van der Waals surface area contributed by atoms with Gasteiger partial charge in [0.15, 0.2) is 13.4 Å². The molecule has 3 rings (SSSR count). The molecule has 1 aliphatic heterocycles. The molecule has 1 aliphatic rings. The average molecular weight is 363 g/mol. The molecule has 0 unspecified atom stereocenters. The minimum absolute atomic E-state index is 0.0675. The van der Waals surface area contributed by atoms with Crippen molar-refractivity contribution in [3.63, 3.8) is 0 Å². The van der Waals surface area contributed by atoms with Gasteiger partial charge in [0.2, 0.25) is 0 Å². The van der Waals surface area contributed by atoms with Gasteiger partial charge in [-0.1, -0.05) is 17.7 Å². The van der Waals surface area contributed by atoms with Crippen LogP contribution in [0.1, 0.15) is 22.3 Å². The summed E-state index contributed by atoms with van der Waals surface area (Å²) >= 11 is 6.09. The first-order valence-corrected chi connectivity index (χ1v) is 8.28. The molecule has 1 heterocycles. The Hall–Kier alpha value is -2.24. The van der Waals surface area contributed by atoms with E-state index in [1.165, 1.54) is 5.56 Å². The Bertz CT molecular complexity index is 788. The summed E-state index contributed by atoms with van der Waals surface area (Å²) in [6.45, 7) is 4.52. The van der Waals surface area contributed by atoms with E-state index in [0.29, 0.717) is 28.7 Å². The lowest BCUT2D eigenvalue weighted by atomic mass is 10.1. The third kappa shape index (κ3) is 4.44. The lowest BCUT2D eigenvalue weighted by Gasteiger charge is -2.21. The number of aryl methyl sites for hydroxylation is 2. The van der Waals surface area contributed by atoms with Crippen molar-refractivity contribution in [2.45, 2.75) is 27.1 Å². The van der Waals surface area contributed by atoms with Crippen molar-refractivity contribution in [2.75, 3.05) is 13.4 Å². The van der Waals surface area contributed by atoms with Crippen LogP contribution in [0.25, 0.3) is 0 Å². The van der Waals surface area contributed by atoms with Crippen molar-refractivity contribution in [3.05, 3.63) is 57.6 Å². The Morgan fingerprint density at radius 1 is 1.20 bits per heavy atom. The Morgan fingerprint density at radius 2 is 2.04 bits per heavy atom. The molecule has 0 bridgehead atoms. The zero-order valence-corrected chi connectivity index (χ0v) is 14.9. The number of rotatable bonds is 5. The van der Waals surface area contributed by atoms with E-state index in [2.05, 4.69) is 0 Å². The Kier molecular flexibility index (Phi) is 5.46. The van der Waals surface area contributed by atoms with Crippen LogP contribution in [0.5, 0.6) is 11.5 Å². The molecule has 6 heteroatoms. The summed E-state index contributed by atoms with van der Waals surface area (Å²) in [7, 11) is 0. The standard InChI is InChI=1S/C19H19ClO5/c1-12-3-4-17(5-13(12)2)23-10-18(21)24-9-15-7-16(20)6-14-8-22-11-25-19(14)15/h3-7H,8-11H2,1-2H3. The molecule has 2 aromatic carbocycles. The van der Waals surface area contributed by atoms with Crippen LogP contribution in [0.2, 0.25) is 5.02 Å². The predicted molar refractivity (Wildman–Crippen MR) is 92.9 cm³/mol. The molecule has 0 amide bonds. The molecule has 132 valence electrons. The molecule has 25 heavy (non-hydrogen) atoms. The van der Waals surface area contributed by atoms with Crippen molar-refractivity contribution in [3.8, 4) is 11.5 Å². The minimum atomic E-state index is -0.459. The first kappa shape index (κ1) is 17.6. The van der Waals surface area contributed by atoms with Gasteiger partial charge in [-0.2, -0.15) is 0 Å². The van der Waals surface area contributed by atoms with Gasteiger partial charge < -0.3 is 18.9 Å². The topological polar surface area (TPSA) is 54.0 Å². The van der Waals surface area contributed by atoms with Crippen LogP contribution in [0, 0.1) is 13.8 Å². The maximum absolute atomic E-state index is 11.9. The predicted octanol–water partition coefficient (Wildman–Crippen LogP) is 3.95. The summed E-state index contributed by atoms with van der Waals surface area (Å²) in [6.07, 6.45) is 0. The van der Waals surface area contributed by atoms with E-state index >= 15 is 0 Å². The SMILES string of the molecule is Cc1ccc(OCC(=O)OCc2cc(Cl)cc3c2OCOC3)cc1C. The number of hydrogen-bond donors (Lipinski definition) is 0. The molecule has 0 aliphatic carbocycles. The molecule has 0 saturated carbocycles. The third-order valence-electron chi connectivity index (χ3n) is 3.98. The quantitative estimate of drug-likeness (QED) is 0.754. The molecule has 0 aromatic heterocycles. The highest BCUT2D eigenvalue weighted by Crippen LogP contribution is 2.32. The van der Waals surface area contributed by atoms with Crippen molar-refractivity contribution in [2.24, 2.45) is 0 Å². The average Bonchev–Trinajstić information content (AvgIpc) is 2.60. The second-order valence-corrected chi connectivity index (χ2v) is 6.30. The summed E-state index contributed by atoms with van der Waals surface area (Å²) in [5, 5.41) is 0.547. The number of carbonyl (C=O) groups is 1. The lowest BCUT2D eigenvalue weighted by Crippen LogP contribution is -2.17. The summed E-state index contributed by atoms with van der Waals surface area (Å²) in [5.41, 5.74) is 3.84. The molecule has 0 N–H and O–H groups in total. The summed E-state index contributed by atoms with van der Waals surface area (Å²) in [6, 6.07) is 9.18. The second kappa shape index (κ2) is 7.76.